The van der Waals surface area contributed by atoms with Crippen molar-refractivity contribution < 1.29 is 0 Å². The Bertz CT molecular complexity index is 729. The third-order valence-electron chi connectivity index (χ3n) is 5.45. The quantitative estimate of drug-likeness (QED) is 0.281. The fourth-order valence-corrected chi connectivity index (χ4v) is 3.95. The molecule has 1 aromatic carbocycles. The van der Waals surface area contributed by atoms with Crippen LogP contribution in [0, 0.1) is 0 Å². The third kappa shape index (κ3) is 7.26. The Morgan fingerprint density at radius 3 is 2.45 bits per heavy atom. The number of pyridine rings is 1. The number of rotatable bonds is 8. The lowest BCUT2D eigenvalue weighted by Crippen LogP contribution is -2.54. The minimum absolute atomic E-state index is 0. The lowest BCUT2D eigenvalue weighted by Gasteiger charge is -2.35. The molecule has 3 rings (SSSR count). The molecule has 3 N–H and O–H groups in total. The molecule has 158 valence electrons. The number of nitrogens with one attached hydrogen (secondary N) is 3. The molecule has 0 bridgehead atoms. The Kier molecular flexibility index (Phi) is 9.87. The summed E-state index contributed by atoms with van der Waals surface area (Å²) in [5, 5.41) is 10.9. The molecular weight excluding hydrogens is 473 g/mol. The second kappa shape index (κ2) is 12.1. The average molecular weight is 507 g/mol. The fraction of sp³-hybridized carbons (Fsp3) is 0.478. The molecule has 0 saturated heterocycles. The number of hydrogen-bond donors (Lipinski definition) is 3. The summed E-state index contributed by atoms with van der Waals surface area (Å²) >= 11 is 0. The number of benzene rings is 1. The monoisotopic (exact) mass is 507 g/mol. The van der Waals surface area contributed by atoms with Gasteiger partial charge in [0.2, 0.25) is 0 Å². The predicted molar refractivity (Wildman–Crippen MR) is 132 cm³/mol. The van der Waals surface area contributed by atoms with Crippen molar-refractivity contribution in [2.45, 2.75) is 57.7 Å². The lowest BCUT2D eigenvalue weighted by atomic mass is 9.94. The summed E-state index contributed by atoms with van der Waals surface area (Å²) in [6, 6.07) is 17.0. The van der Waals surface area contributed by atoms with E-state index in [2.05, 4.69) is 65.1 Å². The van der Waals surface area contributed by atoms with Crippen LogP contribution in [0.15, 0.2) is 59.7 Å². The van der Waals surface area contributed by atoms with E-state index in [9.17, 15) is 0 Å². The summed E-state index contributed by atoms with van der Waals surface area (Å²) < 4.78 is 0. The van der Waals surface area contributed by atoms with Gasteiger partial charge in [0.05, 0.1) is 12.2 Å². The topological polar surface area (TPSA) is 61.3 Å². The molecule has 1 saturated carbocycles. The summed E-state index contributed by atoms with van der Waals surface area (Å²) in [4.78, 5) is 9.08. The van der Waals surface area contributed by atoms with Crippen molar-refractivity contribution in [3.63, 3.8) is 0 Å². The van der Waals surface area contributed by atoms with Crippen LogP contribution in [0.5, 0.6) is 0 Å². The van der Waals surface area contributed by atoms with E-state index < -0.39 is 0 Å². The number of nitrogens with zero attached hydrogens (tertiary/aromatic N) is 2. The van der Waals surface area contributed by atoms with Crippen molar-refractivity contribution in [3.05, 3.63) is 66.0 Å². The number of aliphatic imine (C=N–C) groups is 1. The van der Waals surface area contributed by atoms with Crippen LogP contribution < -0.4 is 16.0 Å². The Morgan fingerprint density at radius 2 is 1.79 bits per heavy atom. The van der Waals surface area contributed by atoms with Crippen molar-refractivity contribution in [1.82, 2.24) is 20.9 Å². The molecule has 29 heavy (non-hydrogen) atoms. The van der Waals surface area contributed by atoms with Crippen LogP contribution in [0.1, 0.15) is 56.8 Å². The van der Waals surface area contributed by atoms with Gasteiger partial charge >= 0.3 is 0 Å². The maximum atomic E-state index is 4.72. The maximum absolute atomic E-state index is 4.72. The van der Waals surface area contributed by atoms with Gasteiger partial charge in [0.25, 0.3) is 0 Å². The Hall–Kier alpha value is -1.67. The Morgan fingerprint density at radius 1 is 1.07 bits per heavy atom. The first-order chi connectivity index (χ1) is 13.7. The van der Waals surface area contributed by atoms with Gasteiger partial charge in [-0.15, -0.1) is 24.0 Å². The van der Waals surface area contributed by atoms with E-state index >= 15 is 0 Å². The van der Waals surface area contributed by atoms with Gasteiger partial charge in [-0.3, -0.25) is 4.98 Å². The second-order valence-electron chi connectivity index (χ2n) is 7.63. The molecule has 1 aromatic heterocycles. The predicted octanol–water partition coefficient (Wildman–Crippen LogP) is 4.42. The van der Waals surface area contributed by atoms with Crippen molar-refractivity contribution in [2.24, 2.45) is 4.99 Å². The molecule has 0 aliphatic heterocycles. The van der Waals surface area contributed by atoms with Crippen LogP contribution in [-0.2, 0) is 6.54 Å². The van der Waals surface area contributed by atoms with Crippen LogP contribution in [0.2, 0.25) is 0 Å². The minimum atomic E-state index is 0. The van der Waals surface area contributed by atoms with Gasteiger partial charge in [0.1, 0.15) is 0 Å². The number of guanidine groups is 1. The molecule has 6 heteroatoms. The second-order valence-corrected chi connectivity index (χ2v) is 7.63. The average Bonchev–Trinajstić information content (AvgIpc) is 3.20. The van der Waals surface area contributed by atoms with Crippen LogP contribution in [-0.4, -0.2) is 29.6 Å². The Balaban J connectivity index is 0.00000300. The zero-order valence-corrected chi connectivity index (χ0v) is 19.9. The van der Waals surface area contributed by atoms with Gasteiger partial charge < -0.3 is 16.0 Å². The summed E-state index contributed by atoms with van der Waals surface area (Å²) in [7, 11) is 0. The van der Waals surface area contributed by atoms with Gasteiger partial charge in [-0.1, -0.05) is 49.2 Å². The molecule has 2 aromatic rings. The van der Waals surface area contributed by atoms with E-state index in [-0.39, 0.29) is 29.5 Å². The first-order valence-corrected chi connectivity index (χ1v) is 10.5. The van der Waals surface area contributed by atoms with Crippen LogP contribution in [0.25, 0.3) is 0 Å². The summed E-state index contributed by atoms with van der Waals surface area (Å²) in [6.07, 6.45) is 6.75. The van der Waals surface area contributed by atoms with Crippen LogP contribution >= 0.6 is 24.0 Å². The normalized spacial score (nSPS) is 16.7. The van der Waals surface area contributed by atoms with Gasteiger partial charge in [0, 0.05) is 30.9 Å². The fourth-order valence-electron chi connectivity index (χ4n) is 3.95. The number of aromatic nitrogens is 1. The standard InChI is InChI=1S/C23H33N5.HI/c1-3-24-22(26-17-21-13-7-10-16-25-21)27-18-23(14-8-9-15-23)28-19(2)20-11-5-4-6-12-20;/h4-7,10-13,16,19,28H,3,8-9,14-15,17-18H2,1-2H3,(H2,24,26,27);1H. The molecule has 1 fully saturated rings. The summed E-state index contributed by atoms with van der Waals surface area (Å²) in [6.45, 7) is 6.65. The Labute approximate surface area is 192 Å². The highest BCUT2D eigenvalue weighted by Crippen LogP contribution is 2.31. The van der Waals surface area contributed by atoms with Gasteiger partial charge in [-0.05, 0) is 44.4 Å². The molecule has 1 heterocycles. The number of hydrogen-bond acceptors (Lipinski definition) is 3. The molecule has 5 nitrogen and oxygen atoms in total. The maximum Gasteiger partial charge on any atom is 0.191 e. The van der Waals surface area contributed by atoms with Crippen molar-refractivity contribution >= 4 is 29.9 Å². The van der Waals surface area contributed by atoms with Gasteiger partial charge in [-0.25, -0.2) is 4.99 Å². The van der Waals surface area contributed by atoms with E-state index in [1.807, 2.05) is 24.4 Å². The molecule has 1 unspecified atom stereocenters. The van der Waals surface area contributed by atoms with E-state index in [0.717, 1.165) is 24.7 Å². The van der Waals surface area contributed by atoms with Crippen molar-refractivity contribution in [1.29, 1.82) is 0 Å². The smallest absolute Gasteiger partial charge is 0.191 e. The van der Waals surface area contributed by atoms with Crippen molar-refractivity contribution in [3.8, 4) is 0 Å². The first kappa shape index (κ1) is 23.6. The highest BCUT2D eigenvalue weighted by Gasteiger charge is 2.35. The van der Waals surface area contributed by atoms with Crippen LogP contribution in [0.4, 0.5) is 0 Å². The molecule has 1 aliphatic rings. The highest BCUT2D eigenvalue weighted by molar-refractivity contribution is 14.0. The van der Waals surface area contributed by atoms with Gasteiger partial charge in [-0.2, -0.15) is 0 Å². The van der Waals surface area contributed by atoms with Crippen LogP contribution in [0.3, 0.4) is 0 Å². The van der Waals surface area contributed by atoms with E-state index in [4.69, 9.17) is 4.99 Å². The van der Waals surface area contributed by atoms with Gasteiger partial charge in [0.15, 0.2) is 5.96 Å². The molecule has 0 spiro atoms. The number of halogens is 1. The summed E-state index contributed by atoms with van der Waals surface area (Å²) in [5.74, 6) is 0.855. The zero-order chi connectivity index (χ0) is 19.7. The summed E-state index contributed by atoms with van der Waals surface area (Å²) in [5.41, 5.74) is 2.42. The van der Waals surface area contributed by atoms with E-state index in [0.29, 0.717) is 12.6 Å². The zero-order valence-electron chi connectivity index (χ0n) is 17.5. The third-order valence-corrected chi connectivity index (χ3v) is 5.45. The molecule has 0 amide bonds. The van der Waals surface area contributed by atoms with E-state index in [1.54, 1.807) is 0 Å². The highest BCUT2D eigenvalue weighted by atomic mass is 127. The molecule has 1 aliphatic carbocycles. The molecule has 0 radical (unpaired) electrons. The van der Waals surface area contributed by atoms with E-state index in [1.165, 1.54) is 31.2 Å². The first-order valence-electron chi connectivity index (χ1n) is 10.5. The SMILES string of the molecule is CCNC(=NCc1ccccn1)NCC1(NC(C)c2ccccc2)CCCC1.I. The largest absolute Gasteiger partial charge is 0.357 e. The molecule has 1 atom stereocenters. The lowest BCUT2D eigenvalue weighted by molar-refractivity contribution is 0.297. The van der Waals surface area contributed by atoms with Crippen molar-refractivity contribution in [2.75, 3.05) is 13.1 Å². The molecular formula is C23H34IN5. The minimum Gasteiger partial charge on any atom is -0.357 e.